The Kier molecular flexibility index (Phi) is 7.60. The van der Waals surface area contributed by atoms with Crippen LogP contribution < -0.4 is 0 Å². The molecule has 0 spiro atoms. The van der Waals surface area contributed by atoms with Crippen LogP contribution in [0.3, 0.4) is 0 Å². The minimum Gasteiger partial charge on any atom is -0.0622 e. The van der Waals surface area contributed by atoms with Crippen LogP contribution in [0.5, 0.6) is 0 Å². The van der Waals surface area contributed by atoms with Crippen molar-refractivity contribution in [3.05, 3.63) is 218 Å². The summed E-state index contributed by atoms with van der Waals surface area (Å²) in [5, 5.41) is 12.8. The van der Waals surface area contributed by atoms with E-state index in [0.29, 0.717) is 0 Å². The van der Waals surface area contributed by atoms with Crippen molar-refractivity contribution in [2.24, 2.45) is 0 Å². The maximum Gasteiger partial charge on any atom is -0.00928 e. The molecular formula is C56H36. The lowest BCUT2D eigenvalue weighted by Gasteiger charge is -2.16. The molecule has 0 unspecified atom stereocenters. The number of hydrogen-bond donors (Lipinski definition) is 0. The van der Waals surface area contributed by atoms with E-state index in [2.05, 4.69) is 218 Å². The fourth-order valence-electron chi connectivity index (χ4n) is 8.80. The van der Waals surface area contributed by atoms with Crippen molar-refractivity contribution in [3.63, 3.8) is 0 Å². The highest BCUT2D eigenvalue weighted by atomic mass is 14.2. The monoisotopic (exact) mass is 708 g/mol. The van der Waals surface area contributed by atoms with E-state index >= 15 is 0 Å². The third-order valence-corrected chi connectivity index (χ3v) is 11.6. The molecule has 11 rings (SSSR count). The maximum absolute atomic E-state index is 2.41. The number of fused-ring (bicyclic) bond motifs is 9. The van der Waals surface area contributed by atoms with E-state index in [9.17, 15) is 0 Å². The summed E-state index contributed by atoms with van der Waals surface area (Å²) >= 11 is 0. The molecule has 11 aromatic rings. The third kappa shape index (κ3) is 5.54. The van der Waals surface area contributed by atoms with E-state index < -0.39 is 0 Å². The van der Waals surface area contributed by atoms with E-state index in [4.69, 9.17) is 0 Å². The van der Waals surface area contributed by atoms with Crippen LogP contribution in [0.1, 0.15) is 0 Å². The van der Waals surface area contributed by atoms with Gasteiger partial charge in [-0.15, -0.1) is 0 Å². The highest BCUT2D eigenvalue weighted by Gasteiger charge is 2.14. The highest BCUT2D eigenvalue weighted by molar-refractivity contribution is 6.25. The molecule has 11 aromatic carbocycles. The summed E-state index contributed by atoms with van der Waals surface area (Å²) in [6.07, 6.45) is 0. The summed E-state index contributed by atoms with van der Waals surface area (Å²) in [6, 6.07) is 80.5. The molecule has 0 amide bonds. The van der Waals surface area contributed by atoms with Gasteiger partial charge in [-0.1, -0.05) is 170 Å². The predicted octanol–water partition coefficient (Wildman–Crippen LogP) is 15.8. The van der Waals surface area contributed by atoms with Gasteiger partial charge in [0.15, 0.2) is 0 Å². The van der Waals surface area contributed by atoms with Gasteiger partial charge in [-0.3, -0.25) is 0 Å². The van der Waals surface area contributed by atoms with Crippen molar-refractivity contribution in [2.75, 3.05) is 0 Å². The molecule has 56 heavy (non-hydrogen) atoms. The first-order chi connectivity index (χ1) is 27.7. The summed E-state index contributed by atoms with van der Waals surface area (Å²) in [6.45, 7) is 0. The SMILES string of the molecule is c1ccc(-c2cc(-c3cc(-c4ccccc4)cc(-c4ccc5c6ccccc6c6ccccc6c5c4)c3)cc(-c3ccc4c(ccc5ccccc54)c3)c2)cc1. The molecule has 0 aliphatic carbocycles. The van der Waals surface area contributed by atoms with Crippen LogP contribution in [0.25, 0.3) is 109 Å². The Balaban J connectivity index is 1.13. The van der Waals surface area contributed by atoms with Gasteiger partial charge in [-0.05, 0) is 158 Å². The Labute approximate surface area is 326 Å². The summed E-state index contributed by atoms with van der Waals surface area (Å²) in [4.78, 5) is 0. The first-order valence-corrected chi connectivity index (χ1v) is 19.4. The first-order valence-electron chi connectivity index (χ1n) is 19.4. The van der Waals surface area contributed by atoms with Crippen molar-refractivity contribution < 1.29 is 0 Å². The molecule has 0 saturated heterocycles. The molecule has 0 N–H and O–H groups in total. The van der Waals surface area contributed by atoms with Gasteiger partial charge in [0.1, 0.15) is 0 Å². The zero-order valence-electron chi connectivity index (χ0n) is 30.8. The molecule has 0 bridgehead atoms. The van der Waals surface area contributed by atoms with Crippen LogP contribution in [0.2, 0.25) is 0 Å². The number of benzene rings is 11. The minimum absolute atomic E-state index is 1.19. The standard InChI is InChI=1S/C56H36/c1-3-13-37(14-4-1)43-30-45(40-25-27-50-42(29-40)24-23-39-17-7-8-18-49(39)50)34-47(32-43)48-33-44(38-15-5-2-6-16-38)31-46(35-48)41-26-28-55-53-21-10-9-19-51(53)52-20-11-12-22-54(52)56(55)36-41/h1-36H. The van der Waals surface area contributed by atoms with E-state index in [1.165, 1.54) is 109 Å². The second-order valence-electron chi connectivity index (χ2n) is 14.9. The van der Waals surface area contributed by atoms with Crippen molar-refractivity contribution in [3.8, 4) is 55.6 Å². The summed E-state index contributed by atoms with van der Waals surface area (Å²) < 4.78 is 0. The molecule has 0 aliphatic heterocycles. The van der Waals surface area contributed by atoms with Gasteiger partial charge >= 0.3 is 0 Å². The first kappa shape index (κ1) is 32.2. The molecule has 260 valence electrons. The molecule has 0 nitrogen and oxygen atoms in total. The van der Waals surface area contributed by atoms with Crippen LogP contribution in [0.4, 0.5) is 0 Å². The smallest absolute Gasteiger partial charge is 0.00928 e. The maximum atomic E-state index is 2.41. The Bertz CT molecular complexity index is 3250. The molecule has 0 aromatic heterocycles. The zero-order chi connectivity index (χ0) is 37.0. The summed E-state index contributed by atoms with van der Waals surface area (Å²) in [7, 11) is 0. The average Bonchev–Trinajstić information content (AvgIpc) is 3.29. The molecule has 0 saturated carbocycles. The zero-order valence-corrected chi connectivity index (χ0v) is 30.8. The lowest BCUT2D eigenvalue weighted by atomic mass is 9.88. The van der Waals surface area contributed by atoms with Gasteiger partial charge in [0.2, 0.25) is 0 Å². The van der Waals surface area contributed by atoms with Gasteiger partial charge in [-0.2, -0.15) is 0 Å². The van der Waals surface area contributed by atoms with Gasteiger partial charge in [-0.25, -0.2) is 0 Å². The van der Waals surface area contributed by atoms with Crippen LogP contribution in [-0.2, 0) is 0 Å². The van der Waals surface area contributed by atoms with Crippen LogP contribution in [-0.4, -0.2) is 0 Å². The van der Waals surface area contributed by atoms with Crippen molar-refractivity contribution >= 4 is 53.9 Å². The Morgan fingerprint density at radius 1 is 0.143 bits per heavy atom. The molecule has 0 aliphatic rings. The van der Waals surface area contributed by atoms with Crippen LogP contribution >= 0.6 is 0 Å². The van der Waals surface area contributed by atoms with Gasteiger partial charge in [0.05, 0.1) is 0 Å². The Hall–Kier alpha value is -7.28. The van der Waals surface area contributed by atoms with Crippen LogP contribution in [0.15, 0.2) is 218 Å². The average molecular weight is 709 g/mol. The molecular weight excluding hydrogens is 673 g/mol. The van der Waals surface area contributed by atoms with E-state index in [1.54, 1.807) is 0 Å². The summed E-state index contributed by atoms with van der Waals surface area (Å²) in [5.41, 5.74) is 12.0. The topological polar surface area (TPSA) is 0 Å². The molecule has 0 atom stereocenters. The van der Waals surface area contributed by atoms with Gasteiger partial charge in [0.25, 0.3) is 0 Å². The molecule has 0 heteroatoms. The number of hydrogen-bond acceptors (Lipinski definition) is 0. The van der Waals surface area contributed by atoms with Gasteiger partial charge < -0.3 is 0 Å². The molecule has 0 heterocycles. The third-order valence-electron chi connectivity index (χ3n) is 11.6. The van der Waals surface area contributed by atoms with E-state index in [0.717, 1.165) is 0 Å². The second-order valence-corrected chi connectivity index (χ2v) is 14.9. The van der Waals surface area contributed by atoms with Crippen molar-refractivity contribution in [1.29, 1.82) is 0 Å². The number of rotatable bonds is 5. The molecule has 0 radical (unpaired) electrons. The van der Waals surface area contributed by atoms with E-state index in [-0.39, 0.29) is 0 Å². The predicted molar refractivity (Wildman–Crippen MR) is 241 cm³/mol. The van der Waals surface area contributed by atoms with E-state index in [1.807, 2.05) is 0 Å². The lowest BCUT2D eigenvalue weighted by molar-refractivity contribution is 1.55. The van der Waals surface area contributed by atoms with Crippen molar-refractivity contribution in [2.45, 2.75) is 0 Å². The lowest BCUT2D eigenvalue weighted by Crippen LogP contribution is -1.90. The Morgan fingerprint density at radius 2 is 0.482 bits per heavy atom. The molecule has 0 fully saturated rings. The fraction of sp³-hybridized carbons (Fsp3) is 0. The normalized spacial score (nSPS) is 11.6. The highest BCUT2D eigenvalue weighted by Crippen LogP contribution is 2.41. The van der Waals surface area contributed by atoms with Crippen molar-refractivity contribution in [1.82, 2.24) is 0 Å². The quantitative estimate of drug-likeness (QED) is 0.156. The summed E-state index contributed by atoms with van der Waals surface area (Å²) in [5.74, 6) is 0. The minimum atomic E-state index is 1.19. The van der Waals surface area contributed by atoms with Crippen LogP contribution in [0, 0.1) is 0 Å². The fourth-order valence-corrected chi connectivity index (χ4v) is 8.80. The Morgan fingerprint density at radius 3 is 1.02 bits per heavy atom. The second kappa shape index (κ2) is 13.2. The van der Waals surface area contributed by atoms with Gasteiger partial charge in [0, 0.05) is 0 Å². The largest absolute Gasteiger partial charge is 0.0622 e.